The van der Waals surface area contributed by atoms with Crippen molar-refractivity contribution in [2.75, 3.05) is 6.54 Å². The number of hydrogen-bond donors (Lipinski definition) is 0. The minimum atomic E-state index is -0.818. The maximum atomic E-state index is 14.3. The van der Waals surface area contributed by atoms with E-state index in [4.69, 9.17) is 4.74 Å². The highest BCUT2D eigenvalue weighted by molar-refractivity contribution is 6.40. The van der Waals surface area contributed by atoms with Crippen LogP contribution in [0.3, 0.4) is 0 Å². The van der Waals surface area contributed by atoms with Crippen LogP contribution in [-0.2, 0) is 22.6 Å². The van der Waals surface area contributed by atoms with E-state index in [0.717, 1.165) is 22.4 Å². The standard InChI is InChI=1S/C40H32N2O5/c1-40(2,3)47-39(46)24(21-41-20-23-12-4-5-13-25(23)32-34(41)27-15-7-9-17-29(27)36(32)43)22-42-35-28-16-8-10-18-30(28)37(44)33(35)26-14-6-11-19-31(26)38(42)45/h4-19,24H,20-22H2,1-3H3. The molecule has 0 radical (unpaired) electrons. The second kappa shape index (κ2) is 10.5. The summed E-state index contributed by atoms with van der Waals surface area (Å²) in [6, 6.07) is 29.9. The first-order valence-electron chi connectivity index (χ1n) is 15.9. The van der Waals surface area contributed by atoms with Crippen LogP contribution in [0.2, 0.25) is 0 Å². The van der Waals surface area contributed by atoms with E-state index in [1.807, 2.05) is 99.6 Å². The molecule has 3 aliphatic rings. The normalized spacial score (nSPS) is 15.3. The molecule has 1 atom stereocenters. The Morgan fingerprint density at radius 2 is 1.28 bits per heavy atom. The van der Waals surface area contributed by atoms with Gasteiger partial charge in [0.05, 0.1) is 28.4 Å². The quantitative estimate of drug-likeness (QED) is 0.198. The molecule has 1 unspecified atom stereocenters. The lowest BCUT2D eigenvalue weighted by Gasteiger charge is -2.35. The molecule has 0 saturated carbocycles. The zero-order valence-electron chi connectivity index (χ0n) is 26.4. The van der Waals surface area contributed by atoms with Gasteiger partial charge in [0.2, 0.25) is 0 Å². The third-order valence-corrected chi connectivity index (χ3v) is 9.27. The van der Waals surface area contributed by atoms with Crippen molar-refractivity contribution in [3.63, 3.8) is 0 Å². The predicted molar refractivity (Wildman–Crippen MR) is 181 cm³/mol. The Morgan fingerprint density at radius 3 is 1.98 bits per heavy atom. The molecule has 8 rings (SSSR count). The van der Waals surface area contributed by atoms with Gasteiger partial charge in [-0.05, 0) is 38.0 Å². The zero-order valence-corrected chi connectivity index (χ0v) is 26.4. The van der Waals surface area contributed by atoms with E-state index < -0.39 is 17.5 Å². The SMILES string of the molecule is CC(C)(C)OC(=O)C(CN1Cc2ccccc2C2=C1c1ccccc1C2=O)Cn1c2c(c3ccccc3c1=O)C(=O)c1ccccc1-2. The number of aromatic nitrogens is 1. The van der Waals surface area contributed by atoms with Gasteiger partial charge in [-0.25, -0.2) is 0 Å². The van der Waals surface area contributed by atoms with Gasteiger partial charge in [-0.2, -0.15) is 0 Å². The number of ketones is 2. The van der Waals surface area contributed by atoms with E-state index in [1.165, 1.54) is 0 Å². The molecule has 0 fully saturated rings. The molecule has 47 heavy (non-hydrogen) atoms. The number of ether oxygens (including phenoxy) is 1. The summed E-state index contributed by atoms with van der Waals surface area (Å²) >= 11 is 0. The Balaban J connectivity index is 1.29. The van der Waals surface area contributed by atoms with Crippen molar-refractivity contribution >= 4 is 39.6 Å². The third-order valence-electron chi connectivity index (χ3n) is 9.27. The number of benzene rings is 4. The lowest BCUT2D eigenvalue weighted by atomic mass is 9.92. The van der Waals surface area contributed by atoms with Crippen molar-refractivity contribution < 1.29 is 19.1 Å². The minimum absolute atomic E-state index is 0.0150. The maximum Gasteiger partial charge on any atom is 0.313 e. The van der Waals surface area contributed by atoms with E-state index in [2.05, 4.69) is 4.90 Å². The number of pyridine rings is 1. The van der Waals surface area contributed by atoms with Gasteiger partial charge >= 0.3 is 5.97 Å². The van der Waals surface area contributed by atoms with Crippen LogP contribution in [0.1, 0.15) is 63.7 Å². The van der Waals surface area contributed by atoms with E-state index >= 15 is 0 Å². The van der Waals surface area contributed by atoms with Gasteiger partial charge < -0.3 is 14.2 Å². The summed E-state index contributed by atoms with van der Waals surface area (Å²) < 4.78 is 7.59. The van der Waals surface area contributed by atoms with Crippen molar-refractivity contribution in [1.82, 2.24) is 9.47 Å². The first-order valence-corrected chi connectivity index (χ1v) is 15.9. The van der Waals surface area contributed by atoms with Gasteiger partial charge in [0, 0.05) is 52.7 Å². The van der Waals surface area contributed by atoms with E-state index in [1.54, 1.807) is 22.8 Å². The van der Waals surface area contributed by atoms with Crippen molar-refractivity contribution in [3.05, 3.63) is 141 Å². The average Bonchev–Trinajstić information content (AvgIpc) is 3.53. The molecule has 5 aromatic rings. The molecule has 0 spiro atoms. The average molecular weight is 621 g/mol. The molecule has 0 bridgehead atoms. The van der Waals surface area contributed by atoms with Crippen LogP contribution >= 0.6 is 0 Å². The molecular weight excluding hydrogens is 588 g/mol. The number of rotatable bonds is 5. The molecule has 0 N–H and O–H groups in total. The van der Waals surface area contributed by atoms with Crippen LogP contribution < -0.4 is 5.56 Å². The van der Waals surface area contributed by atoms with Gasteiger partial charge in [-0.1, -0.05) is 91.0 Å². The fraction of sp³-hybridized carbons (Fsp3) is 0.200. The largest absolute Gasteiger partial charge is 0.460 e. The van der Waals surface area contributed by atoms with Crippen LogP contribution in [0.5, 0.6) is 0 Å². The molecule has 7 nitrogen and oxygen atoms in total. The topological polar surface area (TPSA) is 85.7 Å². The summed E-state index contributed by atoms with van der Waals surface area (Å²) in [4.78, 5) is 58.2. The number of Topliss-reactive ketones (excluding diaryl/α,β-unsaturated/α-hetero) is 1. The number of nitrogens with zero attached hydrogens (tertiary/aromatic N) is 2. The summed E-state index contributed by atoms with van der Waals surface area (Å²) in [7, 11) is 0. The van der Waals surface area contributed by atoms with Crippen LogP contribution in [0, 0.1) is 5.92 Å². The second-order valence-corrected chi connectivity index (χ2v) is 13.4. The van der Waals surface area contributed by atoms with Gasteiger partial charge in [-0.15, -0.1) is 0 Å². The summed E-state index contributed by atoms with van der Waals surface area (Å²) in [5, 5.41) is 1.02. The number of carbonyl (C=O) groups is 3. The van der Waals surface area contributed by atoms with Crippen molar-refractivity contribution in [1.29, 1.82) is 0 Å². The van der Waals surface area contributed by atoms with E-state index in [0.29, 0.717) is 50.8 Å². The van der Waals surface area contributed by atoms with Crippen molar-refractivity contribution in [2.45, 2.75) is 39.5 Å². The molecule has 4 aromatic carbocycles. The number of hydrogen-bond acceptors (Lipinski definition) is 6. The van der Waals surface area contributed by atoms with Crippen LogP contribution in [-0.4, -0.2) is 39.1 Å². The summed E-state index contributed by atoms with van der Waals surface area (Å²) in [5.41, 5.74) is 5.89. The zero-order chi connectivity index (χ0) is 32.6. The monoisotopic (exact) mass is 620 g/mol. The number of esters is 1. The lowest BCUT2D eigenvalue weighted by Crippen LogP contribution is -2.41. The number of fused-ring (bicyclic) bond motifs is 9. The van der Waals surface area contributed by atoms with E-state index in [9.17, 15) is 19.2 Å². The third kappa shape index (κ3) is 4.48. The second-order valence-electron chi connectivity index (χ2n) is 13.4. The Morgan fingerprint density at radius 1 is 0.702 bits per heavy atom. The van der Waals surface area contributed by atoms with Crippen LogP contribution in [0.15, 0.2) is 102 Å². The van der Waals surface area contributed by atoms with Crippen molar-refractivity contribution in [2.24, 2.45) is 5.92 Å². The molecule has 1 aliphatic heterocycles. The summed E-state index contributed by atoms with van der Waals surface area (Å²) in [6.45, 7) is 6.11. The van der Waals surface area contributed by atoms with Crippen LogP contribution in [0.4, 0.5) is 0 Å². The summed E-state index contributed by atoms with van der Waals surface area (Å²) in [5.74, 6) is -1.46. The van der Waals surface area contributed by atoms with Gasteiger partial charge in [0.1, 0.15) is 5.60 Å². The van der Waals surface area contributed by atoms with Gasteiger partial charge in [0.15, 0.2) is 11.6 Å². The molecule has 1 aromatic heterocycles. The minimum Gasteiger partial charge on any atom is -0.460 e. The molecule has 2 aliphatic carbocycles. The lowest BCUT2D eigenvalue weighted by molar-refractivity contribution is -0.161. The molecular formula is C40H32N2O5. The first-order chi connectivity index (χ1) is 22.6. The Labute approximate surface area is 271 Å². The Bertz CT molecular complexity index is 2290. The smallest absolute Gasteiger partial charge is 0.313 e. The van der Waals surface area contributed by atoms with E-state index in [-0.39, 0.29) is 30.2 Å². The Kier molecular flexibility index (Phi) is 6.45. The van der Waals surface area contributed by atoms with Crippen molar-refractivity contribution in [3.8, 4) is 11.3 Å². The first kappa shape index (κ1) is 28.9. The fourth-order valence-electron chi connectivity index (χ4n) is 7.37. The maximum absolute atomic E-state index is 14.3. The van der Waals surface area contributed by atoms with Crippen LogP contribution in [0.25, 0.3) is 33.3 Å². The molecule has 2 heterocycles. The number of allylic oxidation sites excluding steroid dienone is 1. The van der Waals surface area contributed by atoms with Gasteiger partial charge in [0.25, 0.3) is 5.56 Å². The highest BCUT2D eigenvalue weighted by Crippen LogP contribution is 2.46. The molecule has 0 saturated heterocycles. The number of carbonyl (C=O) groups excluding carboxylic acids is 3. The molecule has 232 valence electrons. The molecule has 7 heteroatoms. The predicted octanol–water partition coefficient (Wildman–Crippen LogP) is 6.75. The van der Waals surface area contributed by atoms with Gasteiger partial charge in [-0.3, -0.25) is 19.2 Å². The molecule has 0 amide bonds. The fourth-order valence-corrected chi connectivity index (χ4v) is 7.37. The Hall–Kier alpha value is -5.56. The highest BCUT2D eigenvalue weighted by atomic mass is 16.6. The highest BCUT2D eigenvalue weighted by Gasteiger charge is 2.40. The summed E-state index contributed by atoms with van der Waals surface area (Å²) in [6.07, 6.45) is 0.